The summed E-state index contributed by atoms with van der Waals surface area (Å²) in [6.07, 6.45) is 4.48. The van der Waals surface area contributed by atoms with Crippen molar-refractivity contribution in [3.05, 3.63) is 11.7 Å². The zero-order valence-corrected chi connectivity index (χ0v) is 13.7. The van der Waals surface area contributed by atoms with E-state index in [0.717, 1.165) is 25.7 Å². The fraction of sp³-hybridized carbons (Fsp3) is 0.800. The normalized spacial score (nSPS) is 25.2. The maximum absolute atomic E-state index is 12.6. The van der Waals surface area contributed by atoms with Crippen LogP contribution in [0.1, 0.15) is 44.3 Å². The fourth-order valence-corrected chi connectivity index (χ4v) is 2.96. The molecule has 7 heteroatoms. The van der Waals surface area contributed by atoms with Gasteiger partial charge in [0.1, 0.15) is 0 Å². The number of hydrogen-bond donors (Lipinski definition) is 1. The van der Waals surface area contributed by atoms with Gasteiger partial charge in [0.2, 0.25) is 11.8 Å². The van der Waals surface area contributed by atoms with Crippen LogP contribution in [0.5, 0.6) is 0 Å². The van der Waals surface area contributed by atoms with Gasteiger partial charge in [-0.25, -0.2) is 0 Å². The Morgan fingerprint density at radius 3 is 3.00 bits per heavy atom. The summed E-state index contributed by atoms with van der Waals surface area (Å²) in [5, 5.41) is 3.88. The Hall–Kier alpha value is -1.47. The smallest absolute Gasteiger partial charge is 0.246 e. The summed E-state index contributed by atoms with van der Waals surface area (Å²) in [4.78, 5) is 18.5. The van der Waals surface area contributed by atoms with Crippen LogP contribution < -0.4 is 5.73 Å². The van der Waals surface area contributed by atoms with Gasteiger partial charge >= 0.3 is 0 Å². The summed E-state index contributed by atoms with van der Waals surface area (Å²) >= 11 is 0. The molecule has 2 rings (SSSR count). The molecule has 2 N–H and O–H groups in total. The van der Waals surface area contributed by atoms with Crippen molar-refractivity contribution >= 4 is 5.91 Å². The van der Waals surface area contributed by atoms with E-state index in [1.165, 1.54) is 0 Å². The van der Waals surface area contributed by atoms with E-state index >= 15 is 0 Å². The van der Waals surface area contributed by atoms with Gasteiger partial charge in [0.15, 0.2) is 5.82 Å². The number of rotatable bonds is 6. The zero-order valence-electron chi connectivity index (χ0n) is 13.7. The van der Waals surface area contributed by atoms with Gasteiger partial charge < -0.3 is 19.9 Å². The minimum Gasteiger partial charge on any atom is -0.384 e. The van der Waals surface area contributed by atoms with Crippen molar-refractivity contribution in [1.29, 1.82) is 0 Å². The number of carbonyl (C=O) groups excluding carboxylic acids is 1. The number of nitrogens with two attached hydrogens (primary N) is 1. The molecule has 1 aliphatic rings. The first-order chi connectivity index (χ1) is 10.4. The number of methoxy groups -OCH3 is 1. The second-order valence-electron chi connectivity index (χ2n) is 6.35. The SMILES string of the molecule is COCCc1noc(CN(C)C(=O)C2CCCCC2(C)N)n1. The van der Waals surface area contributed by atoms with Gasteiger partial charge in [-0.05, 0) is 19.8 Å². The molecule has 0 bridgehead atoms. The first-order valence-corrected chi connectivity index (χ1v) is 7.78. The molecule has 1 saturated carbocycles. The standard InChI is InChI=1S/C15H26N4O3/c1-15(16)8-5-4-6-11(15)14(20)19(2)10-13-17-12(18-22-13)7-9-21-3/h11H,4-10,16H2,1-3H3. The molecule has 1 amide bonds. The topological polar surface area (TPSA) is 94.5 Å². The molecule has 2 unspecified atom stereocenters. The quantitative estimate of drug-likeness (QED) is 0.846. The summed E-state index contributed by atoms with van der Waals surface area (Å²) in [6, 6.07) is 0. The van der Waals surface area contributed by atoms with Crippen molar-refractivity contribution in [2.75, 3.05) is 20.8 Å². The van der Waals surface area contributed by atoms with Crippen LogP contribution in [0.15, 0.2) is 4.52 Å². The highest BCUT2D eigenvalue weighted by Gasteiger charge is 2.39. The predicted octanol–water partition coefficient (Wildman–Crippen LogP) is 1.12. The Kier molecular flexibility index (Phi) is 5.52. The Bertz CT molecular complexity index is 501. The molecule has 22 heavy (non-hydrogen) atoms. The highest BCUT2D eigenvalue weighted by Crippen LogP contribution is 2.32. The Balaban J connectivity index is 1.94. The zero-order chi connectivity index (χ0) is 16.2. The number of hydrogen-bond acceptors (Lipinski definition) is 6. The minimum atomic E-state index is -0.429. The summed E-state index contributed by atoms with van der Waals surface area (Å²) in [5.41, 5.74) is 5.87. The van der Waals surface area contributed by atoms with Crippen molar-refractivity contribution in [1.82, 2.24) is 15.0 Å². The van der Waals surface area contributed by atoms with Gasteiger partial charge in [0.05, 0.1) is 19.1 Å². The molecule has 0 aliphatic heterocycles. The average Bonchev–Trinajstić information content (AvgIpc) is 2.91. The summed E-state index contributed by atoms with van der Waals surface area (Å²) < 4.78 is 10.2. The Morgan fingerprint density at radius 2 is 2.32 bits per heavy atom. The molecule has 1 aromatic rings. The number of aromatic nitrogens is 2. The lowest BCUT2D eigenvalue weighted by molar-refractivity contribution is -0.138. The van der Waals surface area contributed by atoms with Crippen LogP contribution in [-0.4, -0.2) is 47.3 Å². The summed E-state index contributed by atoms with van der Waals surface area (Å²) in [6.45, 7) is 2.82. The third kappa shape index (κ3) is 4.04. The molecule has 124 valence electrons. The second kappa shape index (κ2) is 7.19. The van der Waals surface area contributed by atoms with Crippen LogP contribution in [-0.2, 0) is 22.5 Å². The van der Waals surface area contributed by atoms with Gasteiger partial charge in [-0.3, -0.25) is 4.79 Å². The number of ether oxygens (including phenoxy) is 1. The lowest BCUT2D eigenvalue weighted by Crippen LogP contribution is -2.53. The fourth-order valence-electron chi connectivity index (χ4n) is 2.96. The van der Waals surface area contributed by atoms with Crippen LogP contribution in [0.2, 0.25) is 0 Å². The lowest BCUT2D eigenvalue weighted by Gasteiger charge is -2.38. The van der Waals surface area contributed by atoms with Crippen LogP contribution >= 0.6 is 0 Å². The van der Waals surface area contributed by atoms with Crippen molar-refractivity contribution in [3.8, 4) is 0 Å². The number of amides is 1. The highest BCUT2D eigenvalue weighted by atomic mass is 16.5. The van der Waals surface area contributed by atoms with E-state index < -0.39 is 5.54 Å². The molecule has 1 aliphatic carbocycles. The Morgan fingerprint density at radius 1 is 1.55 bits per heavy atom. The maximum Gasteiger partial charge on any atom is 0.246 e. The number of carbonyl (C=O) groups is 1. The molecular weight excluding hydrogens is 284 g/mol. The van der Waals surface area contributed by atoms with Crippen LogP contribution in [0.3, 0.4) is 0 Å². The van der Waals surface area contributed by atoms with Crippen LogP contribution in [0.4, 0.5) is 0 Å². The van der Waals surface area contributed by atoms with E-state index in [1.54, 1.807) is 19.1 Å². The van der Waals surface area contributed by atoms with E-state index in [0.29, 0.717) is 31.3 Å². The lowest BCUT2D eigenvalue weighted by atomic mass is 9.74. The summed E-state index contributed by atoms with van der Waals surface area (Å²) in [5.74, 6) is 0.957. The minimum absolute atomic E-state index is 0.0568. The third-order valence-corrected chi connectivity index (χ3v) is 4.34. The van der Waals surface area contributed by atoms with Gasteiger partial charge in [0.25, 0.3) is 0 Å². The molecule has 1 fully saturated rings. The molecule has 7 nitrogen and oxygen atoms in total. The van der Waals surface area contributed by atoms with Gasteiger partial charge in [-0.2, -0.15) is 4.98 Å². The highest BCUT2D eigenvalue weighted by molar-refractivity contribution is 5.80. The van der Waals surface area contributed by atoms with E-state index in [9.17, 15) is 4.79 Å². The van der Waals surface area contributed by atoms with Crippen LogP contribution in [0.25, 0.3) is 0 Å². The molecule has 1 aromatic heterocycles. The molecule has 0 radical (unpaired) electrons. The van der Waals surface area contributed by atoms with Crippen molar-refractivity contribution in [2.45, 2.75) is 51.1 Å². The largest absolute Gasteiger partial charge is 0.384 e. The van der Waals surface area contributed by atoms with Gasteiger partial charge in [-0.15, -0.1) is 0 Å². The van der Waals surface area contributed by atoms with Crippen molar-refractivity contribution < 1.29 is 14.1 Å². The predicted molar refractivity (Wildman–Crippen MR) is 80.9 cm³/mol. The van der Waals surface area contributed by atoms with Crippen molar-refractivity contribution in [2.24, 2.45) is 11.7 Å². The molecule has 0 aromatic carbocycles. The number of nitrogens with zero attached hydrogens (tertiary/aromatic N) is 3. The maximum atomic E-state index is 12.6. The van der Waals surface area contributed by atoms with E-state index in [2.05, 4.69) is 10.1 Å². The van der Waals surface area contributed by atoms with Crippen molar-refractivity contribution in [3.63, 3.8) is 0 Å². The molecule has 2 atom stereocenters. The van der Waals surface area contributed by atoms with E-state index in [-0.39, 0.29) is 11.8 Å². The average molecular weight is 310 g/mol. The molecule has 1 heterocycles. The first-order valence-electron chi connectivity index (χ1n) is 7.78. The third-order valence-electron chi connectivity index (χ3n) is 4.34. The van der Waals surface area contributed by atoms with E-state index in [1.807, 2.05) is 6.92 Å². The molecule has 0 spiro atoms. The second-order valence-corrected chi connectivity index (χ2v) is 6.35. The Labute approximate surface area is 131 Å². The first kappa shape index (κ1) is 16.9. The molecular formula is C15H26N4O3. The van der Waals surface area contributed by atoms with Gasteiger partial charge in [0, 0.05) is 26.1 Å². The summed E-state index contributed by atoms with van der Waals surface area (Å²) in [7, 11) is 3.38. The van der Waals surface area contributed by atoms with Gasteiger partial charge in [-0.1, -0.05) is 18.0 Å². The molecule has 0 saturated heterocycles. The monoisotopic (exact) mass is 310 g/mol. The van der Waals surface area contributed by atoms with Crippen LogP contribution in [0, 0.1) is 5.92 Å². The van der Waals surface area contributed by atoms with E-state index in [4.69, 9.17) is 15.0 Å².